The molecule has 4 aromatic carbocycles. The third kappa shape index (κ3) is 8.49. The highest BCUT2D eigenvalue weighted by Gasteiger charge is 2.26. The minimum atomic E-state index is -0.418. The van der Waals surface area contributed by atoms with Crippen molar-refractivity contribution < 1.29 is 42.5 Å². The van der Waals surface area contributed by atoms with Crippen molar-refractivity contribution in [1.29, 1.82) is 0 Å². The lowest BCUT2D eigenvalue weighted by atomic mass is 10.1. The first-order valence-corrected chi connectivity index (χ1v) is 17.5. The van der Waals surface area contributed by atoms with Gasteiger partial charge in [-0.25, -0.2) is 0 Å². The van der Waals surface area contributed by atoms with Crippen LogP contribution in [-0.2, 0) is 0 Å². The Hall–Kier alpha value is -5.75. The van der Waals surface area contributed by atoms with Gasteiger partial charge in [0.15, 0.2) is 40.3 Å². The predicted molar refractivity (Wildman–Crippen MR) is 201 cm³/mol. The first kappa shape index (κ1) is 37.0. The zero-order valence-electron chi connectivity index (χ0n) is 30.2. The van der Waals surface area contributed by atoms with Crippen molar-refractivity contribution in [2.24, 2.45) is 0 Å². The van der Waals surface area contributed by atoms with E-state index in [9.17, 15) is 4.79 Å². The number of aromatic nitrogens is 1. The number of nitrogens with one attached hydrogen (secondary N) is 2. The molecule has 6 rings (SSSR count). The molecule has 0 fully saturated rings. The fraction of sp³-hybridized carbons (Fsp3) is 0.300. The molecule has 12 nitrogen and oxygen atoms in total. The smallest absolute Gasteiger partial charge is 0.255 e. The van der Waals surface area contributed by atoms with Gasteiger partial charge in [-0.3, -0.25) is 4.79 Å². The molecule has 53 heavy (non-hydrogen) atoms. The second-order valence-corrected chi connectivity index (χ2v) is 12.6. The molecule has 0 spiro atoms. The molecule has 1 amide bonds. The van der Waals surface area contributed by atoms with Crippen LogP contribution in [0.1, 0.15) is 47.8 Å². The summed E-state index contributed by atoms with van der Waals surface area (Å²) in [7, 11) is 7.91. The second-order valence-electron chi connectivity index (χ2n) is 12.1. The molecule has 2 N–H and O–H groups in total. The van der Waals surface area contributed by atoms with E-state index in [0.717, 1.165) is 48.1 Å². The summed E-state index contributed by atoms with van der Waals surface area (Å²) < 4.78 is 45.5. The molecule has 0 aliphatic carbocycles. The fourth-order valence-corrected chi connectivity index (χ4v) is 6.19. The molecule has 1 unspecified atom stereocenters. The Morgan fingerprint density at radius 3 is 1.98 bits per heavy atom. The summed E-state index contributed by atoms with van der Waals surface area (Å²) in [6, 6.07) is 22.0. The van der Waals surface area contributed by atoms with Crippen LogP contribution >= 0.6 is 11.6 Å². The van der Waals surface area contributed by atoms with Crippen LogP contribution in [-0.4, -0.2) is 59.8 Å². The molecule has 0 radical (unpaired) electrons. The van der Waals surface area contributed by atoms with E-state index in [1.807, 2.05) is 54.6 Å². The van der Waals surface area contributed by atoms with E-state index in [4.69, 9.17) is 49.3 Å². The highest BCUT2D eigenvalue weighted by atomic mass is 35.5. The van der Waals surface area contributed by atoms with Crippen LogP contribution < -0.4 is 43.8 Å². The van der Waals surface area contributed by atoms with Crippen LogP contribution in [0.4, 0.5) is 5.69 Å². The van der Waals surface area contributed by atoms with Crippen molar-refractivity contribution in [3.63, 3.8) is 0 Å². The summed E-state index contributed by atoms with van der Waals surface area (Å²) in [6.07, 6.45) is 3.22. The highest BCUT2D eigenvalue weighted by molar-refractivity contribution is 6.31. The lowest BCUT2D eigenvalue weighted by Crippen LogP contribution is -2.38. The number of ether oxygens (including phenoxy) is 7. The number of benzene rings is 4. The standard InChI is InChI=1S/C40H42ClN3O9/c1-46-31-14-10-24(33-23-30(44-53-33)26-20-36(48-3)38(50-5)37(21-26)49-4)18-35(31)52-17-9-7-6-8-16-51-32-15-11-25(19-34(32)47-2)39-42-29-13-12-27(41)22-28(29)40(45)43-39/h10-15,18-23,39,42H,6-9,16-17H2,1-5H3,(H,43,45). The van der Waals surface area contributed by atoms with Gasteiger partial charge in [-0.2, -0.15) is 0 Å². The van der Waals surface area contributed by atoms with Gasteiger partial charge in [0.2, 0.25) is 5.75 Å². The lowest BCUT2D eigenvalue weighted by Gasteiger charge is -2.28. The number of amides is 1. The van der Waals surface area contributed by atoms with Crippen molar-refractivity contribution in [2.45, 2.75) is 31.8 Å². The predicted octanol–water partition coefficient (Wildman–Crippen LogP) is 8.58. The number of hydrogen-bond acceptors (Lipinski definition) is 11. The third-order valence-corrected chi connectivity index (χ3v) is 9.03. The topological polar surface area (TPSA) is 132 Å². The van der Waals surface area contributed by atoms with E-state index in [2.05, 4.69) is 15.8 Å². The lowest BCUT2D eigenvalue weighted by molar-refractivity contribution is 0.0935. The number of nitrogens with zero attached hydrogens (tertiary/aromatic N) is 1. The van der Waals surface area contributed by atoms with Crippen LogP contribution in [0.3, 0.4) is 0 Å². The van der Waals surface area contributed by atoms with E-state index in [-0.39, 0.29) is 5.91 Å². The molecule has 2 heterocycles. The Balaban J connectivity index is 0.975. The third-order valence-electron chi connectivity index (χ3n) is 8.80. The maximum absolute atomic E-state index is 12.7. The average Bonchev–Trinajstić information content (AvgIpc) is 3.69. The molecule has 5 aromatic rings. The number of unbranched alkanes of at least 4 members (excludes halogenated alkanes) is 3. The summed E-state index contributed by atoms with van der Waals surface area (Å²) in [5, 5.41) is 11.1. The number of rotatable bonds is 17. The summed E-state index contributed by atoms with van der Waals surface area (Å²) in [5.41, 5.74) is 4.23. The SMILES string of the molecule is COc1cc(C2NC(=O)c3cc(Cl)ccc3N2)ccc1OCCCCCCOc1cc(-c2cc(-c3cc(OC)c(OC)c(OC)c3)no2)ccc1OC. The van der Waals surface area contributed by atoms with Gasteiger partial charge in [0.05, 0.1) is 54.3 Å². The van der Waals surface area contributed by atoms with Crippen molar-refractivity contribution in [3.05, 3.63) is 88.9 Å². The van der Waals surface area contributed by atoms with Crippen LogP contribution in [0.25, 0.3) is 22.6 Å². The van der Waals surface area contributed by atoms with E-state index in [1.54, 1.807) is 53.7 Å². The summed E-state index contributed by atoms with van der Waals surface area (Å²) in [5.74, 6) is 4.40. The van der Waals surface area contributed by atoms with E-state index in [0.29, 0.717) is 75.5 Å². The molecule has 0 bridgehead atoms. The molecule has 1 aliphatic heterocycles. The number of anilines is 1. The van der Waals surface area contributed by atoms with E-state index < -0.39 is 6.17 Å². The molecular formula is C40H42ClN3O9. The quantitative estimate of drug-likeness (QED) is 0.0888. The van der Waals surface area contributed by atoms with Crippen LogP contribution in [0, 0.1) is 0 Å². The maximum Gasteiger partial charge on any atom is 0.255 e. The molecule has 0 saturated carbocycles. The minimum absolute atomic E-state index is 0.196. The molecule has 13 heteroatoms. The normalized spacial score (nSPS) is 13.3. The first-order valence-electron chi connectivity index (χ1n) is 17.1. The van der Waals surface area contributed by atoms with Gasteiger partial charge in [-0.15, -0.1) is 0 Å². The highest BCUT2D eigenvalue weighted by Crippen LogP contribution is 2.42. The number of carbonyl (C=O) groups is 1. The molecule has 0 saturated heterocycles. The zero-order chi connectivity index (χ0) is 37.3. The maximum atomic E-state index is 12.7. The Bertz CT molecular complexity index is 2030. The number of hydrogen-bond donors (Lipinski definition) is 2. The van der Waals surface area contributed by atoms with Crippen LogP contribution in [0.15, 0.2) is 77.3 Å². The van der Waals surface area contributed by atoms with Crippen LogP contribution in [0.5, 0.6) is 40.2 Å². The average molecular weight is 744 g/mol. The van der Waals surface area contributed by atoms with Gasteiger partial charge >= 0.3 is 0 Å². The molecule has 1 atom stereocenters. The summed E-state index contributed by atoms with van der Waals surface area (Å²) in [4.78, 5) is 12.7. The minimum Gasteiger partial charge on any atom is -0.493 e. The molecule has 278 valence electrons. The fourth-order valence-electron chi connectivity index (χ4n) is 6.02. The van der Waals surface area contributed by atoms with Gasteiger partial charge < -0.3 is 48.3 Å². The molecule has 1 aliphatic rings. The van der Waals surface area contributed by atoms with Crippen molar-refractivity contribution in [1.82, 2.24) is 10.5 Å². The largest absolute Gasteiger partial charge is 0.493 e. The number of halogens is 1. The number of methoxy groups -OCH3 is 5. The first-order chi connectivity index (χ1) is 25.8. The number of carbonyl (C=O) groups excluding carboxylic acids is 1. The second kappa shape index (κ2) is 17.2. The van der Waals surface area contributed by atoms with E-state index in [1.165, 1.54) is 0 Å². The molecule has 1 aromatic heterocycles. The van der Waals surface area contributed by atoms with E-state index >= 15 is 0 Å². The van der Waals surface area contributed by atoms with Gasteiger partial charge in [0, 0.05) is 27.9 Å². The molecular weight excluding hydrogens is 702 g/mol. The van der Waals surface area contributed by atoms with Crippen LogP contribution in [0.2, 0.25) is 5.02 Å². The summed E-state index contributed by atoms with van der Waals surface area (Å²) >= 11 is 6.06. The Morgan fingerprint density at radius 2 is 1.30 bits per heavy atom. The van der Waals surface area contributed by atoms with Gasteiger partial charge in [0.25, 0.3) is 5.91 Å². The monoisotopic (exact) mass is 743 g/mol. The number of fused-ring (bicyclic) bond motifs is 1. The van der Waals surface area contributed by atoms with Crippen molar-refractivity contribution in [3.8, 4) is 62.8 Å². The Labute approximate surface area is 313 Å². The zero-order valence-corrected chi connectivity index (χ0v) is 31.0. The van der Waals surface area contributed by atoms with Crippen molar-refractivity contribution in [2.75, 3.05) is 54.1 Å². The van der Waals surface area contributed by atoms with Gasteiger partial charge in [0.1, 0.15) is 11.9 Å². The van der Waals surface area contributed by atoms with Crippen molar-refractivity contribution >= 4 is 23.2 Å². The Morgan fingerprint density at radius 1 is 0.642 bits per heavy atom. The Kier molecular flexibility index (Phi) is 12.0. The van der Waals surface area contributed by atoms with Gasteiger partial charge in [-0.1, -0.05) is 22.8 Å². The van der Waals surface area contributed by atoms with Gasteiger partial charge in [-0.05, 0) is 91.9 Å². The summed E-state index contributed by atoms with van der Waals surface area (Å²) in [6.45, 7) is 1.06.